The van der Waals surface area contributed by atoms with E-state index in [2.05, 4.69) is 0 Å². The molecule has 1 atom stereocenters. The van der Waals surface area contributed by atoms with Gasteiger partial charge in [-0.2, -0.15) is 8.78 Å². The summed E-state index contributed by atoms with van der Waals surface area (Å²) in [6.45, 7) is 2.48. The molecule has 0 aliphatic heterocycles. The van der Waals surface area contributed by atoms with Crippen molar-refractivity contribution >= 4 is 5.97 Å². The van der Waals surface area contributed by atoms with E-state index in [9.17, 15) is 13.6 Å². The summed E-state index contributed by atoms with van der Waals surface area (Å²) in [6, 6.07) is 14.9. The highest BCUT2D eigenvalue weighted by Gasteiger charge is 2.16. The highest BCUT2D eigenvalue weighted by atomic mass is 19.3. The molecule has 0 aliphatic carbocycles. The molecule has 0 saturated carbocycles. The van der Waals surface area contributed by atoms with Crippen molar-refractivity contribution in [3.05, 3.63) is 71.8 Å². The van der Waals surface area contributed by atoms with Crippen molar-refractivity contribution in [3.63, 3.8) is 0 Å². The summed E-state index contributed by atoms with van der Waals surface area (Å²) in [5, 5.41) is 8.87. The van der Waals surface area contributed by atoms with Crippen LogP contribution in [-0.2, 0) is 11.4 Å². The number of carboxylic acids is 1. The molecule has 0 radical (unpaired) electrons. The second-order valence-electron chi connectivity index (χ2n) is 5.78. The van der Waals surface area contributed by atoms with Crippen LogP contribution in [0, 0.1) is 12.8 Å². The SMILES string of the molecule is Cc1ccc(COc2ccc(OCCC(C=C(F)F)C(=O)O)cc2)cc1. The summed E-state index contributed by atoms with van der Waals surface area (Å²) in [7, 11) is 0. The fraction of sp³-hybridized carbons (Fsp3) is 0.250. The number of halogens is 2. The molecular weight excluding hydrogens is 342 g/mol. The second-order valence-corrected chi connectivity index (χ2v) is 5.78. The Hall–Kier alpha value is -2.89. The summed E-state index contributed by atoms with van der Waals surface area (Å²) in [5.41, 5.74) is 2.24. The van der Waals surface area contributed by atoms with Gasteiger partial charge in [0.1, 0.15) is 18.1 Å². The van der Waals surface area contributed by atoms with Crippen LogP contribution in [0.2, 0.25) is 0 Å². The standard InChI is InChI=1S/C20H20F2O4/c1-14-2-4-15(5-3-14)13-26-18-8-6-17(7-9-18)25-11-10-16(20(23)24)12-19(21)22/h2-9,12,16H,10-11,13H2,1H3,(H,23,24). The predicted octanol–water partition coefficient (Wildman–Crippen LogP) is 4.82. The van der Waals surface area contributed by atoms with Crippen molar-refractivity contribution in [1.29, 1.82) is 0 Å². The van der Waals surface area contributed by atoms with E-state index in [1.807, 2.05) is 31.2 Å². The first kappa shape index (κ1) is 19.4. The molecule has 0 amide bonds. The number of ether oxygens (including phenoxy) is 2. The van der Waals surface area contributed by atoms with Crippen LogP contribution in [0.25, 0.3) is 0 Å². The smallest absolute Gasteiger partial charge is 0.310 e. The molecule has 2 aromatic carbocycles. The van der Waals surface area contributed by atoms with E-state index < -0.39 is 18.0 Å². The molecule has 0 fully saturated rings. The predicted molar refractivity (Wildman–Crippen MR) is 93.5 cm³/mol. The quantitative estimate of drug-likeness (QED) is 0.695. The number of aliphatic carboxylic acids is 1. The minimum atomic E-state index is -2.01. The van der Waals surface area contributed by atoms with Crippen LogP contribution < -0.4 is 9.47 Å². The second kappa shape index (κ2) is 9.56. The van der Waals surface area contributed by atoms with Gasteiger partial charge in [0.05, 0.1) is 12.5 Å². The van der Waals surface area contributed by atoms with Gasteiger partial charge >= 0.3 is 5.97 Å². The maximum atomic E-state index is 12.2. The van der Waals surface area contributed by atoms with E-state index in [0.717, 1.165) is 5.56 Å². The summed E-state index contributed by atoms with van der Waals surface area (Å²) in [5.74, 6) is -1.39. The van der Waals surface area contributed by atoms with Gasteiger partial charge in [-0.3, -0.25) is 4.79 Å². The Bertz CT molecular complexity index is 735. The summed E-state index contributed by atoms with van der Waals surface area (Å²) >= 11 is 0. The maximum absolute atomic E-state index is 12.2. The monoisotopic (exact) mass is 362 g/mol. The largest absolute Gasteiger partial charge is 0.494 e. The number of hydrogen-bond donors (Lipinski definition) is 1. The lowest BCUT2D eigenvalue weighted by molar-refractivity contribution is -0.140. The van der Waals surface area contributed by atoms with E-state index in [-0.39, 0.29) is 13.0 Å². The van der Waals surface area contributed by atoms with Gasteiger partial charge in [-0.15, -0.1) is 0 Å². The molecule has 1 unspecified atom stereocenters. The van der Waals surface area contributed by atoms with Gasteiger partial charge in [0.2, 0.25) is 0 Å². The van der Waals surface area contributed by atoms with E-state index in [4.69, 9.17) is 14.6 Å². The lowest BCUT2D eigenvalue weighted by Gasteiger charge is -2.10. The van der Waals surface area contributed by atoms with Gasteiger partial charge < -0.3 is 14.6 Å². The average molecular weight is 362 g/mol. The van der Waals surface area contributed by atoms with Gasteiger partial charge in [-0.1, -0.05) is 29.8 Å². The van der Waals surface area contributed by atoms with Gasteiger partial charge in [0, 0.05) is 0 Å². The minimum absolute atomic E-state index is 0.0182. The molecule has 0 aliphatic rings. The van der Waals surface area contributed by atoms with Gasteiger partial charge in [0.15, 0.2) is 0 Å². The number of rotatable bonds is 9. The molecule has 138 valence electrons. The van der Waals surface area contributed by atoms with Crippen LogP contribution in [0.1, 0.15) is 17.5 Å². The first-order valence-electron chi connectivity index (χ1n) is 8.11. The van der Waals surface area contributed by atoms with Crippen LogP contribution in [0.5, 0.6) is 11.5 Å². The number of carbonyl (C=O) groups is 1. The van der Waals surface area contributed by atoms with Crippen LogP contribution in [0.3, 0.4) is 0 Å². The van der Waals surface area contributed by atoms with Gasteiger partial charge in [0.25, 0.3) is 6.08 Å². The normalized spacial score (nSPS) is 11.5. The molecule has 0 saturated heterocycles. The summed E-state index contributed by atoms with van der Waals surface area (Å²) in [4.78, 5) is 10.9. The first-order chi connectivity index (χ1) is 12.4. The molecule has 2 rings (SSSR count). The van der Waals surface area contributed by atoms with Crippen LogP contribution in [0.4, 0.5) is 8.78 Å². The Labute approximate surface area is 150 Å². The summed E-state index contributed by atoms with van der Waals surface area (Å²) in [6.07, 6.45) is -1.63. The maximum Gasteiger partial charge on any atom is 0.310 e. The van der Waals surface area contributed by atoms with Crippen molar-refractivity contribution in [2.24, 2.45) is 5.92 Å². The fourth-order valence-electron chi connectivity index (χ4n) is 2.22. The Morgan fingerprint density at radius 3 is 2.15 bits per heavy atom. The van der Waals surface area contributed by atoms with Crippen molar-refractivity contribution < 1.29 is 28.2 Å². The van der Waals surface area contributed by atoms with Crippen LogP contribution in [0.15, 0.2) is 60.7 Å². The van der Waals surface area contributed by atoms with Crippen molar-refractivity contribution in [2.45, 2.75) is 20.0 Å². The number of aryl methyl sites for hydroxylation is 1. The van der Waals surface area contributed by atoms with Gasteiger partial charge in [-0.05, 0) is 49.2 Å². The van der Waals surface area contributed by atoms with E-state index in [1.165, 1.54) is 5.56 Å². The highest BCUT2D eigenvalue weighted by Crippen LogP contribution is 2.20. The zero-order chi connectivity index (χ0) is 18.9. The molecule has 2 aromatic rings. The number of benzene rings is 2. The third-order valence-corrected chi connectivity index (χ3v) is 3.69. The highest BCUT2D eigenvalue weighted by molar-refractivity contribution is 5.72. The van der Waals surface area contributed by atoms with E-state index >= 15 is 0 Å². The Balaban J connectivity index is 1.80. The zero-order valence-electron chi connectivity index (χ0n) is 14.3. The van der Waals surface area contributed by atoms with Crippen molar-refractivity contribution in [3.8, 4) is 11.5 Å². The number of hydrogen-bond acceptors (Lipinski definition) is 3. The minimum Gasteiger partial charge on any atom is -0.494 e. The average Bonchev–Trinajstić information content (AvgIpc) is 2.61. The first-order valence-corrected chi connectivity index (χ1v) is 8.11. The van der Waals surface area contributed by atoms with E-state index in [1.54, 1.807) is 24.3 Å². The number of carboxylic acid groups (broad SMARTS) is 1. The van der Waals surface area contributed by atoms with Crippen molar-refractivity contribution in [2.75, 3.05) is 6.61 Å². The molecule has 26 heavy (non-hydrogen) atoms. The Morgan fingerprint density at radius 2 is 1.62 bits per heavy atom. The van der Waals surface area contributed by atoms with Crippen LogP contribution in [-0.4, -0.2) is 17.7 Å². The zero-order valence-corrected chi connectivity index (χ0v) is 14.3. The molecule has 0 heterocycles. The molecule has 4 nitrogen and oxygen atoms in total. The molecule has 0 spiro atoms. The molecule has 0 bridgehead atoms. The van der Waals surface area contributed by atoms with Gasteiger partial charge in [-0.25, -0.2) is 0 Å². The lowest BCUT2D eigenvalue weighted by atomic mass is 10.1. The summed E-state index contributed by atoms with van der Waals surface area (Å²) < 4.78 is 35.5. The lowest BCUT2D eigenvalue weighted by Crippen LogP contribution is -2.15. The van der Waals surface area contributed by atoms with Crippen LogP contribution >= 0.6 is 0 Å². The van der Waals surface area contributed by atoms with E-state index in [0.29, 0.717) is 24.2 Å². The third kappa shape index (κ3) is 6.55. The fourth-order valence-corrected chi connectivity index (χ4v) is 2.22. The molecular formula is C20H20F2O4. The third-order valence-electron chi connectivity index (χ3n) is 3.69. The molecule has 6 heteroatoms. The Kier molecular flexibility index (Phi) is 7.14. The Morgan fingerprint density at radius 1 is 1.04 bits per heavy atom. The molecule has 1 N–H and O–H groups in total. The molecule has 0 aromatic heterocycles. The van der Waals surface area contributed by atoms with Crippen molar-refractivity contribution in [1.82, 2.24) is 0 Å². The topological polar surface area (TPSA) is 55.8 Å².